The molecule has 2 amide bonds. The lowest BCUT2D eigenvalue weighted by atomic mass is 10.4. The molecule has 0 saturated carbocycles. The molecule has 0 aliphatic rings. The summed E-state index contributed by atoms with van der Waals surface area (Å²) in [6.07, 6.45) is 2.25. The lowest BCUT2D eigenvalue weighted by molar-refractivity contribution is 0.0948. The summed E-state index contributed by atoms with van der Waals surface area (Å²) >= 11 is 0. The van der Waals surface area contributed by atoms with E-state index in [1.54, 1.807) is 6.92 Å². The van der Waals surface area contributed by atoms with Crippen LogP contribution in [-0.4, -0.2) is 41.7 Å². The molecule has 0 unspecified atom stereocenters. The molecule has 0 fully saturated rings. The second-order valence-electron chi connectivity index (χ2n) is 3.19. The highest BCUT2D eigenvalue weighted by Crippen LogP contribution is 2.01. The number of aromatic nitrogens is 2. The second kappa shape index (κ2) is 7.05. The minimum absolute atomic E-state index is 0.0633. The molecule has 0 spiro atoms. The van der Waals surface area contributed by atoms with Gasteiger partial charge in [0.1, 0.15) is 0 Å². The quantitative estimate of drug-likeness (QED) is 0.610. The Morgan fingerprint density at radius 3 is 2.61 bits per heavy atom. The van der Waals surface area contributed by atoms with Gasteiger partial charge in [0.25, 0.3) is 5.91 Å². The lowest BCUT2D eigenvalue weighted by Gasteiger charge is -2.07. The van der Waals surface area contributed by atoms with Crippen LogP contribution in [0.25, 0.3) is 0 Å². The summed E-state index contributed by atoms with van der Waals surface area (Å²) in [4.78, 5) is 30.1. The number of nitrogen functional groups attached to an aromatic ring is 1. The van der Waals surface area contributed by atoms with Crippen LogP contribution in [0.2, 0.25) is 0 Å². The van der Waals surface area contributed by atoms with Crippen molar-refractivity contribution in [2.45, 2.75) is 6.92 Å². The molecule has 1 aromatic heterocycles. The summed E-state index contributed by atoms with van der Waals surface area (Å²) in [6, 6.07) is 0. The smallest absolute Gasteiger partial charge is 0.407 e. The molecule has 0 bridgehead atoms. The zero-order valence-electron chi connectivity index (χ0n) is 9.97. The van der Waals surface area contributed by atoms with Crippen LogP contribution in [0.5, 0.6) is 0 Å². The molecule has 0 saturated heterocycles. The van der Waals surface area contributed by atoms with Gasteiger partial charge in [-0.25, -0.2) is 14.8 Å². The number of nitrogens with two attached hydrogens (primary N) is 1. The first kappa shape index (κ1) is 13.7. The van der Waals surface area contributed by atoms with Gasteiger partial charge >= 0.3 is 6.09 Å². The first-order chi connectivity index (χ1) is 8.65. The predicted molar refractivity (Wildman–Crippen MR) is 63.8 cm³/mol. The van der Waals surface area contributed by atoms with Gasteiger partial charge in [0, 0.05) is 25.5 Å². The van der Waals surface area contributed by atoms with Gasteiger partial charge in [0.15, 0.2) is 11.5 Å². The number of hydrogen-bond acceptors (Lipinski definition) is 6. The maximum absolute atomic E-state index is 11.6. The number of amides is 2. The number of carbonyl (C=O) groups excluding carboxylic acids is 2. The van der Waals surface area contributed by atoms with E-state index in [1.165, 1.54) is 12.4 Å². The molecule has 0 aliphatic heterocycles. The first-order valence-corrected chi connectivity index (χ1v) is 5.40. The van der Waals surface area contributed by atoms with Gasteiger partial charge in [-0.1, -0.05) is 0 Å². The SMILES string of the molecule is CCOC(=O)NCCNC(=O)c1nccnc1N. The topological polar surface area (TPSA) is 119 Å². The van der Waals surface area contributed by atoms with Crippen LogP contribution in [0.3, 0.4) is 0 Å². The number of carbonyl (C=O) groups is 2. The van der Waals surface area contributed by atoms with E-state index in [0.29, 0.717) is 6.61 Å². The number of nitrogens with one attached hydrogen (secondary N) is 2. The Labute approximate surface area is 104 Å². The minimum Gasteiger partial charge on any atom is -0.450 e. The number of anilines is 1. The summed E-state index contributed by atoms with van der Waals surface area (Å²) in [5.74, 6) is -0.375. The van der Waals surface area contributed by atoms with Crippen LogP contribution < -0.4 is 16.4 Å². The highest BCUT2D eigenvalue weighted by atomic mass is 16.5. The molecule has 8 heteroatoms. The molecular weight excluding hydrogens is 238 g/mol. The zero-order chi connectivity index (χ0) is 13.4. The van der Waals surface area contributed by atoms with Gasteiger partial charge in [0.2, 0.25) is 0 Å². The predicted octanol–water partition coefficient (Wildman–Crippen LogP) is -0.465. The molecular formula is C10H15N5O3. The van der Waals surface area contributed by atoms with Crippen molar-refractivity contribution in [3.63, 3.8) is 0 Å². The van der Waals surface area contributed by atoms with Crippen molar-refractivity contribution < 1.29 is 14.3 Å². The van der Waals surface area contributed by atoms with Gasteiger partial charge in [-0.3, -0.25) is 4.79 Å². The lowest BCUT2D eigenvalue weighted by Crippen LogP contribution is -2.35. The van der Waals surface area contributed by atoms with Gasteiger partial charge in [-0.15, -0.1) is 0 Å². The van der Waals surface area contributed by atoms with E-state index < -0.39 is 12.0 Å². The van der Waals surface area contributed by atoms with Crippen molar-refractivity contribution >= 4 is 17.8 Å². The Bertz CT molecular complexity index is 424. The second-order valence-corrected chi connectivity index (χ2v) is 3.19. The molecule has 1 rings (SSSR count). The van der Waals surface area contributed by atoms with Crippen LogP contribution >= 0.6 is 0 Å². The van der Waals surface area contributed by atoms with E-state index in [1.807, 2.05) is 0 Å². The molecule has 8 nitrogen and oxygen atoms in total. The molecule has 0 aromatic carbocycles. The fourth-order valence-electron chi connectivity index (χ4n) is 1.13. The Balaban J connectivity index is 2.30. The van der Waals surface area contributed by atoms with E-state index >= 15 is 0 Å². The van der Waals surface area contributed by atoms with Gasteiger partial charge < -0.3 is 21.1 Å². The Morgan fingerprint density at radius 2 is 1.94 bits per heavy atom. The molecule has 4 N–H and O–H groups in total. The largest absolute Gasteiger partial charge is 0.450 e. The highest BCUT2D eigenvalue weighted by molar-refractivity contribution is 5.96. The van der Waals surface area contributed by atoms with Crippen molar-refractivity contribution in [3.05, 3.63) is 18.1 Å². The summed E-state index contributed by atoms with van der Waals surface area (Å²) in [5, 5.41) is 5.01. The highest BCUT2D eigenvalue weighted by Gasteiger charge is 2.10. The summed E-state index contributed by atoms with van der Waals surface area (Å²) < 4.78 is 4.65. The Morgan fingerprint density at radius 1 is 1.28 bits per heavy atom. The normalized spacial score (nSPS) is 9.61. The average molecular weight is 253 g/mol. The standard InChI is InChI=1S/C10H15N5O3/c1-2-18-10(17)15-6-5-14-9(16)7-8(11)13-4-3-12-7/h3-4H,2,5-6H2,1H3,(H2,11,13)(H,14,16)(H,15,17). The van der Waals surface area contributed by atoms with Gasteiger partial charge in [0.05, 0.1) is 6.61 Å². The van der Waals surface area contributed by atoms with Crippen LogP contribution in [0.15, 0.2) is 12.4 Å². The molecule has 1 heterocycles. The van der Waals surface area contributed by atoms with Gasteiger partial charge in [-0.2, -0.15) is 0 Å². The van der Waals surface area contributed by atoms with E-state index in [2.05, 4.69) is 25.3 Å². The van der Waals surface area contributed by atoms with E-state index in [9.17, 15) is 9.59 Å². The number of ether oxygens (including phenoxy) is 1. The Hall–Kier alpha value is -2.38. The third-order valence-electron chi connectivity index (χ3n) is 1.90. The molecule has 0 aliphatic carbocycles. The maximum atomic E-state index is 11.6. The monoisotopic (exact) mass is 253 g/mol. The maximum Gasteiger partial charge on any atom is 0.407 e. The Kier molecular flexibility index (Phi) is 5.36. The molecule has 0 atom stereocenters. The van der Waals surface area contributed by atoms with Crippen molar-refractivity contribution in [2.24, 2.45) is 0 Å². The van der Waals surface area contributed by atoms with Gasteiger partial charge in [-0.05, 0) is 6.92 Å². The van der Waals surface area contributed by atoms with Crippen molar-refractivity contribution in [1.82, 2.24) is 20.6 Å². The first-order valence-electron chi connectivity index (χ1n) is 5.40. The number of rotatable bonds is 5. The summed E-state index contributed by atoms with van der Waals surface area (Å²) in [7, 11) is 0. The summed E-state index contributed by atoms with van der Waals surface area (Å²) in [5.41, 5.74) is 5.55. The third-order valence-corrected chi connectivity index (χ3v) is 1.90. The van der Waals surface area contributed by atoms with E-state index in [0.717, 1.165) is 0 Å². The van der Waals surface area contributed by atoms with E-state index in [-0.39, 0.29) is 24.6 Å². The summed E-state index contributed by atoms with van der Waals surface area (Å²) in [6.45, 7) is 2.50. The van der Waals surface area contributed by atoms with E-state index in [4.69, 9.17) is 5.73 Å². The fraction of sp³-hybridized carbons (Fsp3) is 0.400. The molecule has 18 heavy (non-hydrogen) atoms. The minimum atomic E-state index is -0.522. The third kappa shape index (κ3) is 4.24. The number of nitrogens with zero attached hydrogens (tertiary/aromatic N) is 2. The molecule has 1 aromatic rings. The molecule has 98 valence electrons. The van der Waals surface area contributed by atoms with Crippen LogP contribution in [0.4, 0.5) is 10.6 Å². The average Bonchev–Trinajstić information content (AvgIpc) is 2.35. The number of alkyl carbamates (subject to hydrolysis) is 1. The number of hydrogen-bond donors (Lipinski definition) is 3. The van der Waals surface area contributed by atoms with Crippen LogP contribution in [0.1, 0.15) is 17.4 Å². The molecule has 0 radical (unpaired) electrons. The zero-order valence-corrected chi connectivity index (χ0v) is 9.97. The van der Waals surface area contributed by atoms with Crippen LogP contribution in [-0.2, 0) is 4.74 Å². The fourth-order valence-corrected chi connectivity index (χ4v) is 1.13. The van der Waals surface area contributed by atoms with Crippen molar-refractivity contribution in [3.8, 4) is 0 Å². The van der Waals surface area contributed by atoms with Crippen LogP contribution in [0, 0.1) is 0 Å². The van der Waals surface area contributed by atoms with Crippen molar-refractivity contribution in [2.75, 3.05) is 25.4 Å². The van der Waals surface area contributed by atoms with Crippen molar-refractivity contribution in [1.29, 1.82) is 0 Å².